The zero-order valence-electron chi connectivity index (χ0n) is 14.3. The smallest absolute Gasteiger partial charge is 0.252 e. The molecular formula is C17H20N6OS. The van der Waals surface area contributed by atoms with Crippen LogP contribution in [0, 0.1) is 13.8 Å². The van der Waals surface area contributed by atoms with Crippen LogP contribution in [0.25, 0.3) is 5.95 Å². The molecule has 3 rings (SSSR count). The summed E-state index contributed by atoms with van der Waals surface area (Å²) in [7, 11) is 0. The van der Waals surface area contributed by atoms with Gasteiger partial charge < -0.3 is 5.32 Å². The minimum Gasteiger partial charge on any atom is -0.342 e. The van der Waals surface area contributed by atoms with Crippen molar-refractivity contribution in [2.45, 2.75) is 26.8 Å². The molecule has 7 nitrogen and oxygen atoms in total. The van der Waals surface area contributed by atoms with E-state index in [4.69, 9.17) is 0 Å². The zero-order chi connectivity index (χ0) is 17.1. The van der Waals surface area contributed by atoms with Gasteiger partial charge in [0.05, 0.1) is 6.04 Å². The van der Waals surface area contributed by atoms with Crippen molar-refractivity contribution in [3.8, 4) is 5.95 Å². The van der Waals surface area contributed by atoms with Gasteiger partial charge >= 0.3 is 0 Å². The van der Waals surface area contributed by atoms with Gasteiger partial charge in [-0.1, -0.05) is 17.2 Å². The van der Waals surface area contributed by atoms with Crippen molar-refractivity contribution < 1.29 is 4.79 Å². The maximum absolute atomic E-state index is 12.5. The van der Waals surface area contributed by atoms with Gasteiger partial charge in [0.15, 0.2) is 5.82 Å². The minimum atomic E-state index is -0.343. The van der Waals surface area contributed by atoms with Gasteiger partial charge in [0.1, 0.15) is 6.33 Å². The van der Waals surface area contributed by atoms with E-state index in [1.807, 2.05) is 39.0 Å². The molecule has 0 spiro atoms. The summed E-state index contributed by atoms with van der Waals surface area (Å²) in [6.07, 6.45) is 4.68. The molecule has 1 atom stereocenters. The first-order valence-corrected chi connectivity index (χ1v) is 7.61. The number of rotatable bonds is 4. The van der Waals surface area contributed by atoms with E-state index in [2.05, 4.69) is 25.4 Å². The lowest BCUT2D eigenvalue weighted by Crippen LogP contribution is -2.29. The molecule has 0 unspecified atom stereocenters. The Bertz CT molecular complexity index is 844. The number of hydrogen-bond donors (Lipinski definition) is 1. The fourth-order valence-corrected chi connectivity index (χ4v) is 2.55. The molecule has 0 saturated heterocycles. The maximum atomic E-state index is 12.5. The maximum Gasteiger partial charge on any atom is 0.252 e. The van der Waals surface area contributed by atoms with Gasteiger partial charge in [0, 0.05) is 18.0 Å². The molecule has 25 heavy (non-hydrogen) atoms. The summed E-state index contributed by atoms with van der Waals surface area (Å²) in [6, 6.07) is 7.14. The summed E-state index contributed by atoms with van der Waals surface area (Å²) < 4.78 is 1.52. The largest absolute Gasteiger partial charge is 0.342 e. The summed E-state index contributed by atoms with van der Waals surface area (Å²) in [5, 5.41) is 7.09. The molecule has 1 aromatic carbocycles. The third kappa shape index (κ3) is 4.21. The molecule has 1 amide bonds. The van der Waals surface area contributed by atoms with E-state index in [9.17, 15) is 4.79 Å². The third-order valence-electron chi connectivity index (χ3n) is 3.53. The van der Waals surface area contributed by atoms with E-state index in [0.717, 1.165) is 11.1 Å². The van der Waals surface area contributed by atoms with E-state index >= 15 is 0 Å². The van der Waals surface area contributed by atoms with Gasteiger partial charge in [-0.2, -0.15) is 23.3 Å². The Kier molecular flexibility index (Phi) is 5.87. The Hall–Kier alpha value is -2.74. The standard InChI is InChI=1S/C17H18N6O.H2S/c1-11-7-12(2)9-14(8-11)16(24)22-13(3)15-20-10-21-23(15)17-18-5-4-6-19-17;/h4-10,13H,1-3H3,(H,22,24);1H2/t13-;/m0./s1. The molecule has 0 aliphatic carbocycles. The lowest BCUT2D eigenvalue weighted by Gasteiger charge is -2.14. The van der Waals surface area contributed by atoms with Crippen molar-refractivity contribution in [2.24, 2.45) is 0 Å². The monoisotopic (exact) mass is 356 g/mol. The van der Waals surface area contributed by atoms with Crippen molar-refractivity contribution in [3.63, 3.8) is 0 Å². The normalized spacial score (nSPS) is 11.5. The van der Waals surface area contributed by atoms with Gasteiger partial charge in [-0.05, 0) is 39.0 Å². The highest BCUT2D eigenvalue weighted by molar-refractivity contribution is 7.59. The molecule has 0 fully saturated rings. The second-order valence-electron chi connectivity index (χ2n) is 5.65. The average molecular weight is 356 g/mol. The predicted molar refractivity (Wildman–Crippen MR) is 99.1 cm³/mol. The second-order valence-corrected chi connectivity index (χ2v) is 5.65. The van der Waals surface area contributed by atoms with E-state index in [1.54, 1.807) is 18.5 Å². The number of nitrogens with zero attached hydrogens (tertiary/aromatic N) is 5. The first-order chi connectivity index (χ1) is 11.5. The van der Waals surface area contributed by atoms with Crippen LogP contribution < -0.4 is 5.32 Å². The summed E-state index contributed by atoms with van der Waals surface area (Å²) in [5.41, 5.74) is 2.73. The van der Waals surface area contributed by atoms with Gasteiger partial charge in [-0.15, -0.1) is 0 Å². The Balaban J connectivity index is 0.00000225. The second kappa shape index (κ2) is 7.89. The van der Waals surface area contributed by atoms with Gasteiger partial charge in [0.25, 0.3) is 11.9 Å². The molecule has 2 heterocycles. The molecule has 0 radical (unpaired) electrons. The van der Waals surface area contributed by atoms with Gasteiger partial charge in [0.2, 0.25) is 0 Å². The van der Waals surface area contributed by atoms with Crippen LogP contribution in [-0.4, -0.2) is 30.6 Å². The molecule has 3 aromatic rings. The highest BCUT2D eigenvalue weighted by Gasteiger charge is 2.18. The molecule has 0 saturated carbocycles. The first-order valence-electron chi connectivity index (χ1n) is 7.61. The topological polar surface area (TPSA) is 85.6 Å². The van der Waals surface area contributed by atoms with Crippen LogP contribution in [-0.2, 0) is 0 Å². The summed E-state index contributed by atoms with van der Waals surface area (Å²) in [6.45, 7) is 5.79. The molecule has 0 aliphatic rings. The molecular weight excluding hydrogens is 336 g/mol. The number of aromatic nitrogens is 5. The highest BCUT2D eigenvalue weighted by atomic mass is 32.1. The quantitative estimate of drug-likeness (QED) is 0.775. The van der Waals surface area contributed by atoms with E-state index in [1.165, 1.54) is 11.0 Å². The van der Waals surface area contributed by atoms with Crippen molar-refractivity contribution >= 4 is 19.4 Å². The Labute approximate surface area is 153 Å². The van der Waals surface area contributed by atoms with E-state index < -0.39 is 0 Å². The summed E-state index contributed by atoms with van der Waals surface area (Å²) >= 11 is 0. The number of hydrogen-bond acceptors (Lipinski definition) is 5. The van der Waals surface area contributed by atoms with E-state index in [-0.39, 0.29) is 25.4 Å². The van der Waals surface area contributed by atoms with Crippen LogP contribution in [0.15, 0.2) is 43.0 Å². The number of carbonyl (C=O) groups is 1. The molecule has 130 valence electrons. The highest BCUT2D eigenvalue weighted by Crippen LogP contribution is 2.14. The molecule has 0 aliphatic heterocycles. The molecule has 2 aromatic heterocycles. The lowest BCUT2D eigenvalue weighted by atomic mass is 10.1. The SMILES string of the molecule is Cc1cc(C)cc(C(=O)N[C@@H](C)c2ncnn2-c2ncccn2)c1.S. The minimum absolute atomic E-state index is 0. The number of amides is 1. The molecule has 8 heteroatoms. The lowest BCUT2D eigenvalue weighted by molar-refractivity contribution is 0.0937. The third-order valence-corrected chi connectivity index (χ3v) is 3.53. The van der Waals surface area contributed by atoms with Crippen LogP contribution in [0.3, 0.4) is 0 Å². The number of aryl methyl sites for hydroxylation is 2. The molecule has 0 bridgehead atoms. The van der Waals surface area contributed by atoms with Gasteiger partial charge in [-0.3, -0.25) is 4.79 Å². The molecule has 1 N–H and O–H groups in total. The Morgan fingerprint density at radius 3 is 2.36 bits per heavy atom. The fraction of sp³-hybridized carbons (Fsp3) is 0.235. The Morgan fingerprint density at radius 1 is 1.08 bits per heavy atom. The van der Waals surface area contributed by atoms with E-state index in [0.29, 0.717) is 17.3 Å². The van der Waals surface area contributed by atoms with Crippen LogP contribution in [0.2, 0.25) is 0 Å². The predicted octanol–water partition coefficient (Wildman–Crippen LogP) is 2.28. The van der Waals surface area contributed by atoms with Crippen molar-refractivity contribution in [2.75, 3.05) is 0 Å². The van der Waals surface area contributed by atoms with Crippen LogP contribution >= 0.6 is 13.5 Å². The van der Waals surface area contributed by atoms with Crippen molar-refractivity contribution in [3.05, 3.63) is 65.5 Å². The first kappa shape index (κ1) is 18.6. The number of benzene rings is 1. The summed E-state index contributed by atoms with van der Waals surface area (Å²) in [5.74, 6) is 0.828. The average Bonchev–Trinajstić information content (AvgIpc) is 3.04. The van der Waals surface area contributed by atoms with Crippen LogP contribution in [0.5, 0.6) is 0 Å². The summed E-state index contributed by atoms with van der Waals surface area (Å²) in [4.78, 5) is 25.1. The number of carbonyl (C=O) groups excluding carboxylic acids is 1. The van der Waals surface area contributed by atoms with Crippen molar-refractivity contribution in [1.82, 2.24) is 30.0 Å². The van der Waals surface area contributed by atoms with Crippen molar-refractivity contribution in [1.29, 1.82) is 0 Å². The van der Waals surface area contributed by atoms with Gasteiger partial charge in [-0.25, -0.2) is 15.0 Å². The Morgan fingerprint density at radius 2 is 1.72 bits per heavy atom. The van der Waals surface area contributed by atoms with Crippen LogP contribution in [0.4, 0.5) is 0 Å². The number of nitrogens with one attached hydrogen (secondary N) is 1. The zero-order valence-corrected chi connectivity index (χ0v) is 15.3. The van der Waals surface area contributed by atoms with Crippen LogP contribution in [0.1, 0.15) is 40.3 Å². The fourth-order valence-electron chi connectivity index (χ4n) is 2.55.